The number of benzene rings is 1. The van der Waals surface area contributed by atoms with Gasteiger partial charge in [0.05, 0.1) is 16.0 Å². The van der Waals surface area contributed by atoms with E-state index in [0.29, 0.717) is 17.4 Å². The molecule has 1 heterocycles. The minimum Gasteiger partial charge on any atom is -0.299 e. The smallest absolute Gasteiger partial charge is 0.299 e. The molecule has 0 aliphatic heterocycles. The second-order valence-corrected chi connectivity index (χ2v) is 8.35. The molecule has 0 saturated carbocycles. The van der Waals surface area contributed by atoms with Crippen LogP contribution in [-0.2, 0) is 18.0 Å². The maximum atomic E-state index is 14.6. The van der Waals surface area contributed by atoms with E-state index >= 15 is 0 Å². The van der Waals surface area contributed by atoms with Crippen LogP contribution in [0, 0.1) is 12.7 Å². The summed E-state index contributed by atoms with van der Waals surface area (Å²) >= 11 is 7.11. The van der Waals surface area contributed by atoms with Gasteiger partial charge in [0.15, 0.2) is 0 Å². The summed E-state index contributed by atoms with van der Waals surface area (Å²) in [6, 6.07) is 1.96. The Morgan fingerprint density at radius 3 is 2.37 bits per heavy atom. The second kappa shape index (κ2) is 8.97. The summed E-state index contributed by atoms with van der Waals surface area (Å²) in [6.07, 6.45) is -3.73. The third-order valence-corrected chi connectivity index (χ3v) is 6.35. The Morgan fingerprint density at radius 2 is 1.87 bits per heavy atom. The number of Topliss-reactive ketones (excluding diaryl/α,β-unsaturated/α-hetero) is 1. The predicted octanol–water partition coefficient (Wildman–Crippen LogP) is 4.51. The van der Waals surface area contributed by atoms with Gasteiger partial charge >= 0.3 is 11.9 Å². The number of rotatable bonds is 6. The molecule has 1 aromatic heterocycles. The molecule has 0 amide bonds. The quantitative estimate of drug-likeness (QED) is 0.464. The molecule has 0 aliphatic rings. The molecule has 0 N–H and O–H groups in total. The summed E-state index contributed by atoms with van der Waals surface area (Å²) in [7, 11) is 0.852. The van der Waals surface area contributed by atoms with Crippen molar-refractivity contribution in [1.29, 1.82) is 0 Å². The molecule has 164 valence electrons. The Balaban J connectivity index is 2.76. The van der Waals surface area contributed by atoms with Gasteiger partial charge in [-0.15, -0.1) is 11.8 Å². The average Bonchev–Trinajstić information content (AvgIpc) is 2.62. The first-order valence-corrected chi connectivity index (χ1v) is 10.1. The zero-order chi connectivity index (χ0) is 23.0. The minimum atomic E-state index is -4.94. The second-order valence-electron chi connectivity index (χ2n) is 6.69. The van der Waals surface area contributed by atoms with Crippen LogP contribution in [0.5, 0.6) is 0 Å². The van der Waals surface area contributed by atoms with Crippen molar-refractivity contribution in [2.45, 2.75) is 49.9 Å². The monoisotopic (exact) mass is 466 g/mol. The summed E-state index contributed by atoms with van der Waals surface area (Å²) in [5, 5.41) is -0.531. The van der Waals surface area contributed by atoms with Crippen LogP contribution in [0.25, 0.3) is 5.69 Å². The van der Waals surface area contributed by atoms with Gasteiger partial charge < -0.3 is 0 Å². The molecule has 11 heteroatoms. The van der Waals surface area contributed by atoms with Crippen LogP contribution < -0.4 is 11.2 Å². The first-order valence-electron chi connectivity index (χ1n) is 8.87. The lowest BCUT2D eigenvalue weighted by atomic mass is 10.2. The van der Waals surface area contributed by atoms with Gasteiger partial charge in [0, 0.05) is 17.5 Å². The molecular weight excluding hydrogens is 448 g/mol. The van der Waals surface area contributed by atoms with Crippen molar-refractivity contribution in [2.75, 3.05) is 0 Å². The predicted molar refractivity (Wildman–Crippen MR) is 107 cm³/mol. The number of aromatic nitrogens is 2. The van der Waals surface area contributed by atoms with E-state index in [2.05, 4.69) is 0 Å². The van der Waals surface area contributed by atoms with E-state index in [1.165, 1.54) is 6.92 Å². The minimum absolute atomic E-state index is 0.0443. The number of halogens is 5. The van der Waals surface area contributed by atoms with Crippen LogP contribution >= 0.6 is 23.4 Å². The average molecular weight is 467 g/mol. The van der Waals surface area contributed by atoms with Gasteiger partial charge in [0.25, 0.3) is 5.56 Å². The van der Waals surface area contributed by atoms with Crippen LogP contribution in [0.3, 0.4) is 0 Å². The number of hydrogen-bond donors (Lipinski definition) is 0. The molecule has 0 saturated heterocycles. The van der Waals surface area contributed by atoms with Gasteiger partial charge in [-0.05, 0) is 32.4 Å². The molecule has 1 atom stereocenters. The van der Waals surface area contributed by atoms with Crippen molar-refractivity contribution in [2.24, 2.45) is 7.05 Å². The Labute approximate surface area is 178 Å². The molecular formula is C19H19ClF4N2O3S. The molecule has 0 fully saturated rings. The van der Waals surface area contributed by atoms with Crippen molar-refractivity contribution >= 4 is 29.1 Å². The van der Waals surface area contributed by atoms with E-state index in [-0.39, 0.29) is 20.3 Å². The van der Waals surface area contributed by atoms with E-state index in [1.54, 1.807) is 0 Å². The Bertz CT molecular complexity index is 1070. The number of carbonyl (C=O) groups excluding carboxylic acids is 1. The van der Waals surface area contributed by atoms with Crippen LogP contribution in [-0.4, -0.2) is 20.2 Å². The Kier molecular flexibility index (Phi) is 7.24. The highest BCUT2D eigenvalue weighted by Crippen LogP contribution is 2.35. The summed E-state index contributed by atoms with van der Waals surface area (Å²) in [5.41, 5.74) is -5.34. The SMILES string of the molecule is CCCC(Sc1cc(-n2c(=O)c(C)c(C(F)(F)F)n(C)c2=O)c(F)cc1Cl)C(C)=O. The number of carbonyl (C=O) groups is 1. The fraction of sp³-hybridized carbons (Fsp3) is 0.421. The molecule has 0 spiro atoms. The van der Waals surface area contributed by atoms with Crippen molar-refractivity contribution in [3.8, 4) is 5.69 Å². The highest BCUT2D eigenvalue weighted by Gasteiger charge is 2.38. The van der Waals surface area contributed by atoms with Gasteiger partial charge in [-0.1, -0.05) is 24.9 Å². The van der Waals surface area contributed by atoms with Crippen LogP contribution in [0.1, 0.15) is 37.9 Å². The number of nitrogens with zero attached hydrogens (tertiary/aromatic N) is 2. The Morgan fingerprint density at radius 1 is 1.27 bits per heavy atom. The summed E-state index contributed by atoms with van der Waals surface area (Å²) < 4.78 is 55.0. The highest BCUT2D eigenvalue weighted by molar-refractivity contribution is 8.00. The number of alkyl halides is 3. The number of thioether (sulfide) groups is 1. The van der Waals surface area contributed by atoms with E-state index in [9.17, 15) is 31.9 Å². The first-order chi connectivity index (χ1) is 13.8. The molecule has 1 unspecified atom stereocenters. The van der Waals surface area contributed by atoms with Crippen molar-refractivity contribution in [3.05, 3.63) is 55.1 Å². The topological polar surface area (TPSA) is 61.1 Å². The molecule has 0 aliphatic carbocycles. The zero-order valence-electron chi connectivity index (χ0n) is 16.6. The van der Waals surface area contributed by atoms with Gasteiger partial charge in [-0.3, -0.25) is 14.2 Å². The van der Waals surface area contributed by atoms with Gasteiger partial charge in [0.1, 0.15) is 17.3 Å². The van der Waals surface area contributed by atoms with Crippen molar-refractivity contribution in [1.82, 2.24) is 9.13 Å². The van der Waals surface area contributed by atoms with E-state index < -0.39 is 45.4 Å². The van der Waals surface area contributed by atoms with Gasteiger partial charge in [-0.2, -0.15) is 13.2 Å². The molecule has 0 radical (unpaired) electrons. The highest BCUT2D eigenvalue weighted by atomic mass is 35.5. The standard InChI is InChI=1S/C19H19ClF4N2O3S/c1-5-6-14(10(3)27)30-15-8-13(12(21)7-11(15)20)26-17(28)9(2)16(19(22,23)24)25(4)18(26)29/h7-8,14H,5-6H2,1-4H3. The summed E-state index contributed by atoms with van der Waals surface area (Å²) in [6.45, 7) is 4.19. The third kappa shape index (κ3) is 4.64. The van der Waals surface area contributed by atoms with E-state index in [4.69, 9.17) is 11.6 Å². The lowest BCUT2D eigenvalue weighted by Gasteiger charge is -2.18. The molecule has 0 bridgehead atoms. The molecule has 2 aromatic rings. The zero-order valence-corrected chi connectivity index (χ0v) is 18.1. The Hall–Kier alpha value is -2.07. The molecule has 1 aromatic carbocycles. The summed E-state index contributed by atoms with van der Waals surface area (Å²) in [4.78, 5) is 37.2. The van der Waals surface area contributed by atoms with Crippen molar-refractivity contribution < 1.29 is 22.4 Å². The fourth-order valence-corrected chi connectivity index (χ4v) is 4.47. The largest absolute Gasteiger partial charge is 0.432 e. The molecule has 5 nitrogen and oxygen atoms in total. The third-order valence-electron chi connectivity index (χ3n) is 4.48. The maximum Gasteiger partial charge on any atom is 0.432 e. The van der Waals surface area contributed by atoms with Crippen LogP contribution in [0.4, 0.5) is 17.6 Å². The first kappa shape index (κ1) is 24.2. The van der Waals surface area contributed by atoms with Crippen LogP contribution in [0.2, 0.25) is 5.02 Å². The van der Waals surface area contributed by atoms with E-state index in [1.807, 2.05) is 6.92 Å². The fourth-order valence-electron chi connectivity index (χ4n) is 3.01. The molecule has 2 rings (SSSR count). The maximum absolute atomic E-state index is 14.6. The lowest BCUT2D eigenvalue weighted by Crippen LogP contribution is -2.43. The number of ketones is 1. The molecule has 30 heavy (non-hydrogen) atoms. The van der Waals surface area contributed by atoms with Gasteiger partial charge in [-0.25, -0.2) is 13.8 Å². The van der Waals surface area contributed by atoms with Crippen LogP contribution in [0.15, 0.2) is 26.6 Å². The van der Waals surface area contributed by atoms with Crippen molar-refractivity contribution in [3.63, 3.8) is 0 Å². The lowest BCUT2D eigenvalue weighted by molar-refractivity contribution is -0.144. The normalized spacial score (nSPS) is 12.8. The summed E-state index contributed by atoms with van der Waals surface area (Å²) in [5.74, 6) is -1.19. The van der Waals surface area contributed by atoms with Gasteiger partial charge in [0.2, 0.25) is 0 Å². The number of hydrogen-bond acceptors (Lipinski definition) is 4. The van der Waals surface area contributed by atoms with E-state index in [0.717, 1.165) is 37.9 Å².